The minimum Gasteiger partial charge on any atom is -0.469 e. The number of methoxy groups -OCH3 is 1. The Kier molecular flexibility index (Phi) is 5.96. The van der Waals surface area contributed by atoms with Crippen LogP contribution in [-0.4, -0.2) is 31.6 Å². The fourth-order valence-corrected chi connectivity index (χ4v) is 2.01. The molecule has 1 atom stereocenters. The molecule has 0 fully saturated rings. The Hall–Kier alpha value is -1.42. The molecule has 4 heteroatoms. The summed E-state index contributed by atoms with van der Waals surface area (Å²) in [5.41, 5.74) is 1.02. The third-order valence-electron chi connectivity index (χ3n) is 3.18. The molecule has 0 spiro atoms. The van der Waals surface area contributed by atoms with Crippen molar-refractivity contribution in [3.05, 3.63) is 35.6 Å². The second-order valence-corrected chi connectivity index (χ2v) is 5.20. The van der Waals surface area contributed by atoms with Crippen molar-refractivity contribution in [1.29, 1.82) is 0 Å². The number of halogens is 1. The molecule has 0 heterocycles. The Morgan fingerprint density at radius 1 is 1.32 bits per heavy atom. The number of hydrogen-bond acceptors (Lipinski definition) is 3. The lowest BCUT2D eigenvalue weighted by atomic mass is 9.95. The summed E-state index contributed by atoms with van der Waals surface area (Å²) in [6.07, 6.45) is 0. The van der Waals surface area contributed by atoms with Gasteiger partial charge in [-0.1, -0.05) is 26.0 Å². The molecule has 1 unspecified atom stereocenters. The highest BCUT2D eigenvalue weighted by atomic mass is 19.1. The number of esters is 1. The molecule has 0 aliphatic rings. The molecule has 0 saturated heterocycles. The Morgan fingerprint density at radius 3 is 2.37 bits per heavy atom. The van der Waals surface area contributed by atoms with E-state index in [9.17, 15) is 9.18 Å². The Bertz CT molecular complexity index is 403. The van der Waals surface area contributed by atoms with Gasteiger partial charge in [-0.05, 0) is 30.7 Å². The number of benzene rings is 1. The summed E-state index contributed by atoms with van der Waals surface area (Å²) < 4.78 is 17.6. The molecule has 106 valence electrons. The van der Waals surface area contributed by atoms with Crippen molar-refractivity contribution in [1.82, 2.24) is 4.90 Å². The van der Waals surface area contributed by atoms with Gasteiger partial charge in [-0.25, -0.2) is 4.39 Å². The van der Waals surface area contributed by atoms with E-state index in [0.717, 1.165) is 5.56 Å². The predicted octanol–water partition coefficient (Wildman–Crippen LogP) is 2.70. The first-order chi connectivity index (χ1) is 8.93. The fourth-order valence-electron chi connectivity index (χ4n) is 2.01. The van der Waals surface area contributed by atoms with E-state index < -0.39 is 0 Å². The van der Waals surface area contributed by atoms with E-state index in [1.807, 2.05) is 20.9 Å². The minimum absolute atomic E-state index is 0.143. The Labute approximate surface area is 114 Å². The largest absolute Gasteiger partial charge is 0.469 e. The molecule has 0 radical (unpaired) electrons. The van der Waals surface area contributed by atoms with Crippen LogP contribution in [0.1, 0.15) is 19.4 Å². The number of rotatable bonds is 6. The number of carbonyl (C=O) groups is 1. The summed E-state index contributed by atoms with van der Waals surface area (Å²) in [6.45, 7) is 5.32. The van der Waals surface area contributed by atoms with Crippen LogP contribution in [0.5, 0.6) is 0 Å². The van der Waals surface area contributed by atoms with Crippen molar-refractivity contribution in [2.45, 2.75) is 20.4 Å². The number of ether oxygens (including phenoxy) is 1. The molecule has 0 saturated carbocycles. The first kappa shape index (κ1) is 15.6. The number of carbonyl (C=O) groups excluding carboxylic acids is 1. The molecule has 0 aromatic heterocycles. The maximum Gasteiger partial charge on any atom is 0.310 e. The highest BCUT2D eigenvalue weighted by Gasteiger charge is 2.24. The van der Waals surface area contributed by atoms with Crippen LogP contribution in [0.15, 0.2) is 24.3 Å². The van der Waals surface area contributed by atoms with Crippen LogP contribution in [0.25, 0.3) is 0 Å². The van der Waals surface area contributed by atoms with E-state index in [1.54, 1.807) is 12.1 Å². The zero-order valence-corrected chi connectivity index (χ0v) is 12.0. The summed E-state index contributed by atoms with van der Waals surface area (Å²) in [5, 5.41) is 0. The summed E-state index contributed by atoms with van der Waals surface area (Å²) in [5.74, 6) is -0.333. The zero-order chi connectivity index (χ0) is 14.4. The summed E-state index contributed by atoms with van der Waals surface area (Å²) in [7, 11) is 3.36. The number of hydrogen-bond donors (Lipinski definition) is 0. The van der Waals surface area contributed by atoms with E-state index in [4.69, 9.17) is 4.74 Å². The van der Waals surface area contributed by atoms with Crippen molar-refractivity contribution in [3.63, 3.8) is 0 Å². The second-order valence-electron chi connectivity index (χ2n) is 5.20. The average Bonchev–Trinajstić information content (AvgIpc) is 2.37. The van der Waals surface area contributed by atoms with Gasteiger partial charge in [0, 0.05) is 13.1 Å². The maximum absolute atomic E-state index is 12.8. The highest BCUT2D eigenvalue weighted by Crippen LogP contribution is 2.15. The van der Waals surface area contributed by atoms with Gasteiger partial charge in [-0.2, -0.15) is 0 Å². The average molecular weight is 267 g/mol. The van der Waals surface area contributed by atoms with Crippen molar-refractivity contribution >= 4 is 5.97 Å². The smallest absolute Gasteiger partial charge is 0.310 e. The summed E-state index contributed by atoms with van der Waals surface area (Å²) >= 11 is 0. The van der Waals surface area contributed by atoms with Gasteiger partial charge in [0.2, 0.25) is 0 Å². The van der Waals surface area contributed by atoms with E-state index in [0.29, 0.717) is 13.1 Å². The van der Waals surface area contributed by atoms with Gasteiger partial charge in [-0.15, -0.1) is 0 Å². The molecule has 19 heavy (non-hydrogen) atoms. The van der Waals surface area contributed by atoms with Gasteiger partial charge in [0.15, 0.2) is 0 Å². The molecular formula is C15H22FNO2. The highest BCUT2D eigenvalue weighted by molar-refractivity contribution is 5.72. The molecule has 1 rings (SSSR count). The quantitative estimate of drug-likeness (QED) is 0.742. The standard InChI is InChI=1S/C15H22FNO2/c1-11(2)14(15(18)19-4)10-17(3)9-12-5-7-13(16)8-6-12/h5-8,11,14H,9-10H2,1-4H3. The van der Waals surface area contributed by atoms with Crippen molar-refractivity contribution in [3.8, 4) is 0 Å². The summed E-state index contributed by atoms with van der Waals surface area (Å²) in [4.78, 5) is 13.7. The van der Waals surface area contributed by atoms with Gasteiger partial charge in [0.1, 0.15) is 5.82 Å². The van der Waals surface area contributed by atoms with Gasteiger partial charge < -0.3 is 9.64 Å². The normalized spacial score (nSPS) is 12.8. The monoisotopic (exact) mass is 267 g/mol. The molecule has 1 aromatic rings. The molecule has 0 amide bonds. The van der Waals surface area contributed by atoms with Crippen LogP contribution in [0, 0.1) is 17.7 Å². The van der Waals surface area contributed by atoms with Gasteiger partial charge in [0.25, 0.3) is 0 Å². The van der Waals surface area contributed by atoms with Crippen LogP contribution < -0.4 is 0 Å². The molecule has 1 aromatic carbocycles. The molecule has 0 bridgehead atoms. The molecule has 3 nitrogen and oxygen atoms in total. The molecule has 0 N–H and O–H groups in total. The van der Waals surface area contributed by atoms with E-state index in [-0.39, 0.29) is 23.6 Å². The van der Waals surface area contributed by atoms with Crippen LogP contribution in [0.3, 0.4) is 0 Å². The topological polar surface area (TPSA) is 29.5 Å². The number of nitrogens with zero attached hydrogens (tertiary/aromatic N) is 1. The van der Waals surface area contributed by atoms with E-state index in [2.05, 4.69) is 4.90 Å². The van der Waals surface area contributed by atoms with Crippen molar-refractivity contribution in [2.75, 3.05) is 20.7 Å². The van der Waals surface area contributed by atoms with Crippen LogP contribution in [0.2, 0.25) is 0 Å². The SMILES string of the molecule is COC(=O)C(CN(C)Cc1ccc(F)cc1)C(C)C. The van der Waals surface area contributed by atoms with E-state index >= 15 is 0 Å². The van der Waals surface area contributed by atoms with Gasteiger partial charge in [0.05, 0.1) is 13.0 Å². The third-order valence-corrected chi connectivity index (χ3v) is 3.18. The minimum atomic E-state index is -0.235. The fraction of sp³-hybridized carbons (Fsp3) is 0.533. The molecule has 0 aliphatic heterocycles. The van der Waals surface area contributed by atoms with Crippen LogP contribution in [0.4, 0.5) is 4.39 Å². The lowest BCUT2D eigenvalue weighted by molar-refractivity contribution is -0.147. The van der Waals surface area contributed by atoms with Gasteiger partial charge >= 0.3 is 5.97 Å². The first-order valence-electron chi connectivity index (χ1n) is 6.45. The van der Waals surface area contributed by atoms with E-state index in [1.165, 1.54) is 19.2 Å². The molecular weight excluding hydrogens is 245 g/mol. The lowest BCUT2D eigenvalue weighted by Crippen LogP contribution is -2.34. The van der Waals surface area contributed by atoms with Crippen LogP contribution >= 0.6 is 0 Å². The first-order valence-corrected chi connectivity index (χ1v) is 6.45. The maximum atomic E-state index is 12.8. The predicted molar refractivity (Wildman–Crippen MR) is 73.1 cm³/mol. The molecule has 0 aliphatic carbocycles. The van der Waals surface area contributed by atoms with Crippen molar-refractivity contribution in [2.24, 2.45) is 11.8 Å². The van der Waals surface area contributed by atoms with Gasteiger partial charge in [-0.3, -0.25) is 4.79 Å². The Balaban J connectivity index is 2.59. The second kappa shape index (κ2) is 7.24. The van der Waals surface area contributed by atoms with Crippen LogP contribution in [-0.2, 0) is 16.1 Å². The third kappa shape index (κ3) is 4.99. The van der Waals surface area contributed by atoms with Crippen molar-refractivity contribution < 1.29 is 13.9 Å². The Morgan fingerprint density at radius 2 is 1.89 bits per heavy atom. The lowest BCUT2D eigenvalue weighted by Gasteiger charge is -2.25. The zero-order valence-electron chi connectivity index (χ0n) is 12.0. The summed E-state index contributed by atoms with van der Waals surface area (Å²) in [6, 6.07) is 6.41.